The van der Waals surface area contributed by atoms with Crippen molar-refractivity contribution in [3.63, 3.8) is 0 Å². The smallest absolute Gasteiger partial charge is 0.189 e. The Kier molecular flexibility index (Phi) is 5.43. The van der Waals surface area contributed by atoms with E-state index in [0.29, 0.717) is 6.42 Å². The number of carbonyl (C=O) groups is 1. The lowest BCUT2D eigenvalue weighted by atomic mass is 9.86. The van der Waals surface area contributed by atoms with Crippen LogP contribution >= 0.6 is 11.6 Å². The highest BCUT2D eigenvalue weighted by Gasteiger charge is 2.27. The first kappa shape index (κ1) is 13.1. The third kappa shape index (κ3) is 4.29. The van der Waals surface area contributed by atoms with Crippen LogP contribution in [0.1, 0.15) is 19.3 Å². The summed E-state index contributed by atoms with van der Waals surface area (Å²) in [5.41, 5.74) is 0. The summed E-state index contributed by atoms with van der Waals surface area (Å²) < 4.78 is 12.1. The van der Waals surface area contributed by atoms with Crippen molar-refractivity contribution in [3.8, 4) is 0 Å². The Labute approximate surface area is 99.1 Å². The molecule has 0 saturated heterocycles. The zero-order chi connectivity index (χ0) is 12.0. The Bertz CT molecular complexity index is 330. The van der Waals surface area contributed by atoms with Crippen LogP contribution in [0.15, 0.2) is 35.7 Å². The summed E-state index contributed by atoms with van der Waals surface area (Å²) in [4.78, 5) is 11.5. The highest BCUT2D eigenvalue weighted by Crippen LogP contribution is 2.22. The predicted octanol–water partition coefficient (Wildman–Crippen LogP) is 2.88. The van der Waals surface area contributed by atoms with Gasteiger partial charge in [-0.05, 0) is 25.3 Å². The molecular formula is C12H14ClFO2. The minimum absolute atomic E-state index is 0.130. The molecule has 2 atom stereocenters. The molecule has 0 aromatic rings. The minimum Gasteiger partial charge on any atom is -0.385 e. The Morgan fingerprint density at radius 2 is 2.12 bits per heavy atom. The number of carbonyl (C=O) groups excluding carboxylic acids is 1. The van der Waals surface area contributed by atoms with E-state index in [2.05, 4.69) is 0 Å². The van der Waals surface area contributed by atoms with Crippen molar-refractivity contribution >= 4 is 17.4 Å². The Hall–Kier alpha value is -0.930. The molecule has 0 unspecified atom stereocenters. The number of aliphatic hydroxyl groups excluding tert-OH is 1. The van der Waals surface area contributed by atoms with E-state index in [1.165, 1.54) is 6.08 Å². The molecule has 1 rings (SSSR count). The maximum Gasteiger partial charge on any atom is 0.189 e. The second-order valence-electron chi connectivity index (χ2n) is 3.68. The summed E-state index contributed by atoms with van der Waals surface area (Å²) in [6.45, 7) is 0. The number of rotatable bonds is 3. The molecule has 4 heteroatoms. The van der Waals surface area contributed by atoms with Gasteiger partial charge >= 0.3 is 0 Å². The summed E-state index contributed by atoms with van der Waals surface area (Å²) in [5, 5.41) is 8.56. The zero-order valence-electron chi connectivity index (χ0n) is 8.77. The summed E-state index contributed by atoms with van der Waals surface area (Å²) in [6, 6.07) is 0. The quantitative estimate of drug-likeness (QED) is 0.775. The monoisotopic (exact) mass is 244 g/mol. The van der Waals surface area contributed by atoms with Gasteiger partial charge < -0.3 is 5.11 Å². The molecular weight excluding hydrogens is 231 g/mol. The number of allylic oxidation sites excluding steroid dienone is 5. The second-order valence-corrected chi connectivity index (χ2v) is 4.04. The van der Waals surface area contributed by atoms with Crippen molar-refractivity contribution in [1.82, 2.24) is 0 Å². The van der Waals surface area contributed by atoms with Crippen LogP contribution in [-0.2, 0) is 4.79 Å². The van der Waals surface area contributed by atoms with Gasteiger partial charge in [0.25, 0.3) is 0 Å². The van der Waals surface area contributed by atoms with E-state index in [4.69, 9.17) is 11.6 Å². The van der Waals surface area contributed by atoms with Gasteiger partial charge in [0.1, 0.15) is 6.10 Å². The topological polar surface area (TPSA) is 37.3 Å². The fourth-order valence-corrected chi connectivity index (χ4v) is 1.72. The minimum atomic E-state index is -0.826. The first-order chi connectivity index (χ1) is 7.61. The van der Waals surface area contributed by atoms with E-state index in [0.717, 1.165) is 18.9 Å². The van der Waals surface area contributed by atoms with E-state index in [-0.39, 0.29) is 11.7 Å². The van der Waals surface area contributed by atoms with Gasteiger partial charge in [0.05, 0.1) is 0 Å². The van der Waals surface area contributed by atoms with Crippen LogP contribution in [0.5, 0.6) is 0 Å². The van der Waals surface area contributed by atoms with E-state index in [1.807, 2.05) is 0 Å². The average molecular weight is 245 g/mol. The fourth-order valence-electron chi connectivity index (χ4n) is 1.64. The van der Waals surface area contributed by atoms with Gasteiger partial charge in [0, 0.05) is 5.92 Å². The van der Waals surface area contributed by atoms with Gasteiger partial charge in [-0.15, -0.1) is 0 Å². The molecule has 1 saturated carbocycles. The summed E-state index contributed by atoms with van der Waals surface area (Å²) in [5.74, 6) is -0.354. The van der Waals surface area contributed by atoms with E-state index >= 15 is 0 Å². The molecule has 1 N–H and O–H groups in total. The Morgan fingerprint density at radius 3 is 2.81 bits per heavy atom. The third-order valence-corrected chi connectivity index (χ3v) is 2.60. The number of Topliss-reactive ketones (excluding diaryl/α,β-unsaturated/α-hetero) is 1. The van der Waals surface area contributed by atoms with Crippen LogP contribution in [0.4, 0.5) is 4.39 Å². The van der Waals surface area contributed by atoms with Crippen LogP contribution in [0, 0.1) is 5.92 Å². The van der Waals surface area contributed by atoms with Gasteiger partial charge in [-0.3, -0.25) is 4.79 Å². The molecule has 0 radical (unpaired) electrons. The number of hydrogen-bond donors (Lipinski definition) is 1. The zero-order valence-corrected chi connectivity index (χ0v) is 9.53. The fraction of sp³-hybridized carbons (Fsp3) is 0.417. The molecule has 0 aromatic heterocycles. The van der Waals surface area contributed by atoms with Crippen LogP contribution in [0.3, 0.4) is 0 Å². The molecule has 1 aliphatic rings. The van der Waals surface area contributed by atoms with E-state index < -0.39 is 11.4 Å². The SMILES string of the molecule is O=C1[C@H](O)CCC[C@H]1/C=C/C=C\C=C(/F)Cl. The summed E-state index contributed by atoms with van der Waals surface area (Å²) in [6.07, 6.45) is 8.88. The maximum absolute atomic E-state index is 12.1. The standard InChI is InChI=1S/C12H14ClFO2/c13-11(14)8-3-1-2-5-9-6-4-7-10(15)12(9)16/h1-3,5,8-10,15H,4,6-7H2/b3-1-,5-2+,11-8-/t9-,10-/m1/s1. The maximum atomic E-state index is 12.1. The number of hydrogen-bond acceptors (Lipinski definition) is 2. The van der Waals surface area contributed by atoms with Crippen LogP contribution in [0.25, 0.3) is 0 Å². The third-order valence-electron chi connectivity index (χ3n) is 2.47. The molecule has 88 valence electrons. The normalized spacial score (nSPS) is 28.2. The first-order valence-electron chi connectivity index (χ1n) is 5.19. The lowest BCUT2D eigenvalue weighted by Crippen LogP contribution is -2.31. The molecule has 0 aliphatic heterocycles. The van der Waals surface area contributed by atoms with Crippen molar-refractivity contribution in [2.45, 2.75) is 25.4 Å². The van der Waals surface area contributed by atoms with Crippen molar-refractivity contribution in [1.29, 1.82) is 0 Å². The van der Waals surface area contributed by atoms with Crippen LogP contribution < -0.4 is 0 Å². The highest BCUT2D eigenvalue weighted by molar-refractivity contribution is 6.28. The number of halogens is 2. The second kappa shape index (κ2) is 6.61. The van der Waals surface area contributed by atoms with E-state index in [9.17, 15) is 14.3 Å². The highest BCUT2D eigenvalue weighted by atomic mass is 35.5. The van der Waals surface area contributed by atoms with Crippen LogP contribution in [0.2, 0.25) is 0 Å². The van der Waals surface area contributed by atoms with E-state index in [1.54, 1.807) is 18.2 Å². The van der Waals surface area contributed by atoms with Gasteiger partial charge in [0.15, 0.2) is 11.1 Å². The number of aliphatic hydroxyl groups is 1. The molecule has 1 aliphatic carbocycles. The molecule has 0 amide bonds. The molecule has 0 heterocycles. The van der Waals surface area contributed by atoms with Gasteiger partial charge in [-0.25, -0.2) is 0 Å². The molecule has 16 heavy (non-hydrogen) atoms. The number of ketones is 1. The predicted molar refractivity (Wildman–Crippen MR) is 61.7 cm³/mol. The van der Waals surface area contributed by atoms with Crippen molar-refractivity contribution in [2.24, 2.45) is 5.92 Å². The van der Waals surface area contributed by atoms with Crippen LogP contribution in [-0.4, -0.2) is 17.0 Å². The van der Waals surface area contributed by atoms with Gasteiger partial charge in [0.2, 0.25) is 0 Å². The lowest BCUT2D eigenvalue weighted by molar-refractivity contribution is -0.132. The summed E-state index contributed by atoms with van der Waals surface area (Å²) >= 11 is 4.98. The average Bonchev–Trinajstić information content (AvgIpc) is 2.23. The van der Waals surface area contributed by atoms with Crippen molar-refractivity contribution in [3.05, 3.63) is 35.7 Å². The van der Waals surface area contributed by atoms with Crippen molar-refractivity contribution in [2.75, 3.05) is 0 Å². The lowest BCUT2D eigenvalue weighted by Gasteiger charge is -2.21. The molecule has 1 fully saturated rings. The van der Waals surface area contributed by atoms with Gasteiger partial charge in [-0.2, -0.15) is 4.39 Å². The van der Waals surface area contributed by atoms with Crippen molar-refractivity contribution < 1.29 is 14.3 Å². The largest absolute Gasteiger partial charge is 0.385 e. The molecule has 2 nitrogen and oxygen atoms in total. The summed E-state index contributed by atoms with van der Waals surface area (Å²) in [7, 11) is 0. The molecule has 0 bridgehead atoms. The first-order valence-corrected chi connectivity index (χ1v) is 5.57. The Morgan fingerprint density at radius 1 is 1.38 bits per heavy atom. The molecule has 0 spiro atoms. The Balaban J connectivity index is 2.47. The van der Waals surface area contributed by atoms with Gasteiger partial charge in [-0.1, -0.05) is 35.9 Å². The molecule has 0 aromatic carbocycles.